The van der Waals surface area contributed by atoms with E-state index in [1.807, 2.05) is 0 Å². The minimum absolute atomic E-state index is 0.102. The Bertz CT molecular complexity index is 891. The van der Waals surface area contributed by atoms with Crippen molar-refractivity contribution in [2.24, 2.45) is 5.92 Å². The third kappa shape index (κ3) is 6.34. The van der Waals surface area contributed by atoms with Crippen LogP contribution in [0.25, 0.3) is 0 Å². The van der Waals surface area contributed by atoms with Gasteiger partial charge in [-0.25, -0.2) is 9.18 Å². The summed E-state index contributed by atoms with van der Waals surface area (Å²) in [6, 6.07) is 11.4. The standard InChI is InChI=1S/C23H28FN3O4/c1-30-19-12-18(13-20(14-19)31-2)26-23(29)27-9-7-16(8-10-27)11-22(28)25-15-17-5-3-4-6-21(17)24/h3-6,12-14,16H,7-11,15H2,1-2H3,(H,25,28)(H,26,29). The van der Waals surface area contributed by atoms with E-state index in [0.717, 1.165) is 12.8 Å². The molecule has 3 rings (SSSR count). The first-order chi connectivity index (χ1) is 15.0. The van der Waals surface area contributed by atoms with Crippen molar-refractivity contribution >= 4 is 17.6 Å². The van der Waals surface area contributed by atoms with Crippen LogP contribution in [0.3, 0.4) is 0 Å². The Labute approximate surface area is 181 Å². The molecule has 0 atom stereocenters. The van der Waals surface area contributed by atoms with Crippen molar-refractivity contribution in [3.8, 4) is 11.5 Å². The highest BCUT2D eigenvalue weighted by Gasteiger charge is 2.24. The fraction of sp³-hybridized carbons (Fsp3) is 0.391. The van der Waals surface area contributed by atoms with Gasteiger partial charge in [-0.15, -0.1) is 0 Å². The van der Waals surface area contributed by atoms with Gasteiger partial charge in [-0.3, -0.25) is 4.79 Å². The maximum Gasteiger partial charge on any atom is 0.321 e. The second-order valence-electron chi connectivity index (χ2n) is 7.53. The van der Waals surface area contributed by atoms with Crippen molar-refractivity contribution < 1.29 is 23.5 Å². The Hall–Kier alpha value is -3.29. The average molecular weight is 429 g/mol. The summed E-state index contributed by atoms with van der Waals surface area (Å²) in [5.74, 6) is 0.955. The van der Waals surface area contributed by atoms with Crippen molar-refractivity contribution in [1.82, 2.24) is 10.2 Å². The number of likely N-dealkylation sites (tertiary alicyclic amines) is 1. The lowest BCUT2D eigenvalue weighted by Crippen LogP contribution is -2.41. The molecule has 0 unspecified atom stereocenters. The number of urea groups is 1. The number of piperidine rings is 1. The van der Waals surface area contributed by atoms with E-state index in [1.165, 1.54) is 6.07 Å². The van der Waals surface area contributed by atoms with Crippen LogP contribution >= 0.6 is 0 Å². The summed E-state index contributed by atoms with van der Waals surface area (Å²) < 4.78 is 24.1. The molecular weight excluding hydrogens is 401 g/mol. The second-order valence-corrected chi connectivity index (χ2v) is 7.53. The molecule has 31 heavy (non-hydrogen) atoms. The largest absolute Gasteiger partial charge is 0.497 e. The Morgan fingerprint density at radius 3 is 2.32 bits per heavy atom. The highest BCUT2D eigenvalue weighted by molar-refractivity contribution is 5.90. The Morgan fingerprint density at radius 1 is 1.06 bits per heavy atom. The van der Waals surface area contributed by atoms with Crippen LogP contribution in [-0.2, 0) is 11.3 Å². The highest BCUT2D eigenvalue weighted by atomic mass is 19.1. The van der Waals surface area contributed by atoms with Gasteiger partial charge < -0.3 is 25.0 Å². The molecular formula is C23H28FN3O4. The van der Waals surface area contributed by atoms with Crippen LogP contribution in [0.15, 0.2) is 42.5 Å². The lowest BCUT2D eigenvalue weighted by molar-refractivity contribution is -0.122. The van der Waals surface area contributed by atoms with Crippen LogP contribution in [0.1, 0.15) is 24.8 Å². The van der Waals surface area contributed by atoms with Crippen LogP contribution in [0, 0.1) is 11.7 Å². The van der Waals surface area contributed by atoms with Crippen molar-refractivity contribution in [3.05, 3.63) is 53.8 Å². The average Bonchev–Trinajstić information content (AvgIpc) is 2.78. The first-order valence-corrected chi connectivity index (χ1v) is 10.3. The van der Waals surface area contributed by atoms with Crippen LogP contribution in [0.4, 0.5) is 14.9 Å². The second kappa shape index (κ2) is 10.7. The fourth-order valence-corrected chi connectivity index (χ4v) is 3.59. The van der Waals surface area contributed by atoms with Crippen LogP contribution in [0.2, 0.25) is 0 Å². The van der Waals surface area contributed by atoms with Crippen molar-refractivity contribution in [3.63, 3.8) is 0 Å². The molecule has 1 fully saturated rings. The molecule has 2 aromatic rings. The molecule has 0 spiro atoms. The first kappa shape index (κ1) is 22.4. The number of rotatable bonds is 7. The lowest BCUT2D eigenvalue weighted by atomic mass is 9.93. The minimum atomic E-state index is -0.323. The van der Waals surface area contributed by atoms with Crippen LogP contribution < -0.4 is 20.1 Å². The van der Waals surface area contributed by atoms with E-state index in [-0.39, 0.29) is 30.2 Å². The summed E-state index contributed by atoms with van der Waals surface area (Å²) in [5.41, 5.74) is 1.06. The molecule has 0 aliphatic carbocycles. The Morgan fingerprint density at radius 2 is 1.71 bits per heavy atom. The van der Waals surface area contributed by atoms with Gasteiger partial charge in [0.05, 0.1) is 14.2 Å². The number of nitrogens with zero attached hydrogens (tertiary/aromatic N) is 1. The van der Waals surface area contributed by atoms with E-state index in [0.29, 0.717) is 42.3 Å². The van der Waals surface area contributed by atoms with Gasteiger partial charge in [0.25, 0.3) is 0 Å². The zero-order valence-electron chi connectivity index (χ0n) is 17.8. The van der Waals surface area contributed by atoms with Gasteiger partial charge in [-0.1, -0.05) is 18.2 Å². The molecule has 1 aliphatic rings. The minimum Gasteiger partial charge on any atom is -0.497 e. The summed E-state index contributed by atoms with van der Waals surface area (Å²) in [7, 11) is 3.11. The van der Waals surface area contributed by atoms with Crippen molar-refractivity contribution in [2.75, 3.05) is 32.6 Å². The van der Waals surface area contributed by atoms with E-state index < -0.39 is 0 Å². The van der Waals surface area contributed by atoms with E-state index in [9.17, 15) is 14.0 Å². The molecule has 7 nitrogen and oxygen atoms in total. The molecule has 2 aromatic carbocycles. The maximum absolute atomic E-state index is 13.6. The molecule has 8 heteroatoms. The summed E-state index contributed by atoms with van der Waals surface area (Å²) in [5, 5.41) is 5.65. The normalized spacial score (nSPS) is 14.1. The molecule has 0 bridgehead atoms. The highest BCUT2D eigenvalue weighted by Crippen LogP contribution is 2.27. The smallest absolute Gasteiger partial charge is 0.321 e. The number of hydrogen-bond donors (Lipinski definition) is 2. The molecule has 1 heterocycles. The third-order valence-electron chi connectivity index (χ3n) is 5.41. The van der Waals surface area contributed by atoms with E-state index in [2.05, 4.69) is 10.6 Å². The number of anilines is 1. The van der Waals surface area contributed by atoms with Gasteiger partial charge in [0, 0.05) is 55.5 Å². The zero-order chi connectivity index (χ0) is 22.2. The number of methoxy groups -OCH3 is 2. The predicted octanol–water partition coefficient (Wildman–Crippen LogP) is 3.79. The molecule has 0 saturated carbocycles. The number of nitrogens with one attached hydrogen (secondary N) is 2. The van der Waals surface area contributed by atoms with E-state index in [4.69, 9.17) is 9.47 Å². The summed E-state index contributed by atoms with van der Waals surface area (Å²) in [6.07, 6.45) is 1.85. The van der Waals surface area contributed by atoms with Gasteiger partial charge >= 0.3 is 6.03 Å². The maximum atomic E-state index is 13.6. The number of ether oxygens (including phenoxy) is 2. The number of carbonyl (C=O) groups excluding carboxylic acids is 2. The molecule has 166 valence electrons. The molecule has 3 amide bonds. The third-order valence-corrected chi connectivity index (χ3v) is 5.41. The monoisotopic (exact) mass is 429 g/mol. The van der Waals surface area contributed by atoms with Gasteiger partial charge in [0.1, 0.15) is 17.3 Å². The van der Waals surface area contributed by atoms with Gasteiger partial charge in [0.2, 0.25) is 5.91 Å². The first-order valence-electron chi connectivity index (χ1n) is 10.3. The van der Waals surface area contributed by atoms with Crippen LogP contribution in [-0.4, -0.2) is 44.1 Å². The van der Waals surface area contributed by atoms with E-state index in [1.54, 1.807) is 55.5 Å². The van der Waals surface area contributed by atoms with Crippen molar-refractivity contribution in [1.29, 1.82) is 0 Å². The summed E-state index contributed by atoms with van der Waals surface area (Å²) in [6.45, 7) is 1.31. The number of amides is 3. The van der Waals surface area contributed by atoms with Gasteiger partial charge in [-0.05, 0) is 24.8 Å². The number of halogens is 1. The summed E-state index contributed by atoms with van der Waals surface area (Å²) in [4.78, 5) is 26.6. The quantitative estimate of drug-likeness (QED) is 0.702. The van der Waals surface area contributed by atoms with E-state index >= 15 is 0 Å². The fourth-order valence-electron chi connectivity index (χ4n) is 3.59. The molecule has 1 saturated heterocycles. The topological polar surface area (TPSA) is 79.9 Å². The molecule has 0 aromatic heterocycles. The number of carbonyl (C=O) groups is 2. The predicted molar refractivity (Wildman–Crippen MR) is 116 cm³/mol. The molecule has 2 N–H and O–H groups in total. The SMILES string of the molecule is COc1cc(NC(=O)N2CCC(CC(=O)NCc3ccccc3F)CC2)cc(OC)c1. The number of benzene rings is 2. The number of hydrogen-bond acceptors (Lipinski definition) is 4. The molecule has 1 aliphatic heterocycles. The Balaban J connectivity index is 1.44. The van der Waals surface area contributed by atoms with Crippen LogP contribution in [0.5, 0.6) is 11.5 Å². The zero-order valence-corrected chi connectivity index (χ0v) is 17.8. The molecule has 0 radical (unpaired) electrons. The Kier molecular flexibility index (Phi) is 7.70. The van der Waals surface area contributed by atoms with Crippen molar-refractivity contribution in [2.45, 2.75) is 25.8 Å². The lowest BCUT2D eigenvalue weighted by Gasteiger charge is -2.31. The van der Waals surface area contributed by atoms with Gasteiger partial charge in [0.15, 0.2) is 0 Å². The van der Waals surface area contributed by atoms with Gasteiger partial charge in [-0.2, -0.15) is 0 Å². The summed E-state index contributed by atoms with van der Waals surface area (Å²) >= 11 is 0.